The number of phenols is 1. The minimum Gasteiger partial charge on any atom is -0.506 e. The highest BCUT2D eigenvalue weighted by atomic mass is 79.9. The molecule has 1 fully saturated rings. The summed E-state index contributed by atoms with van der Waals surface area (Å²) in [5, 5.41) is 10.1. The highest BCUT2D eigenvalue weighted by Crippen LogP contribution is 2.44. The number of halogens is 1. The number of aromatic hydroxyl groups is 1. The van der Waals surface area contributed by atoms with Gasteiger partial charge < -0.3 is 10.8 Å². The Morgan fingerprint density at radius 2 is 1.94 bits per heavy atom. The average Bonchev–Trinajstić information content (AvgIpc) is 2.33. The number of para-hydroxylation sites is 1. The van der Waals surface area contributed by atoms with Gasteiger partial charge in [-0.15, -0.1) is 0 Å². The van der Waals surface area contributed by atoms with E-state index in [1.807, 2.05) is 18.2 Å². The highest BCUT2D eigenvalue weighted by Gasteiger charge is 2.34. The molecule has 88 valence electrons. The van der Waals surface area contributed by atoms with E-state index in [-0.39, 0.29) is 5.41 Å². The number of benzene rings is 1. The van der Waals surface area contributed by atoms with Crippen molar-refractivity contribution in [3.05, 3.63) is 28.2 Å². The van der Waals surface area contributed by atoms with Crippen LogP contribution in [-0.4, -0.2) is 11.7 Å². The van der Waals surface area contributed by atoms with Gasteiger partial charge in [0.1, 0.15) is 5.75 Å². The van der Waals surface area contributed by atoms with E-state index < -0.39 is 0 Å². The van der Waals surface area contributed by atoms with Gasteiger partial charge in [0, 0.05) is 17.5 Å². The zero-order valence-corrected chi connectivity index (χ0v) is 11.0. The second kappa shape index (κ2) is 4.76. The summed E-state index contributed by atoms with van der Waals surface area (Å²) in [7, 11) is 0. The maximum absolute atomic E-state index is 10.1. The number of phenolic OH excluding ortho intramolecular Hbond substituents is 1. The normalized spacial score (nSPS) is 19.6. The van der Waals surface area contributed by atoms with Crippen molar-refractivity contribution in [1.29, 1.82) is 0 Å². The van der Waals surface area contributed by atoms with E-state index in [4.69, 9.17) is 5.73 Å². The molecule has 1 aromatic carbocycles. The fraction of sp³-hybridized carbons (Fsp3) is 0.538. The maximum Gasteiger partial charge on any atom is 0.133 e. The topological polar surface area (TPSA) is 46.2 Å². The summed E-state index contributed by atoms with van der Waals surface area (Å²) in [6.07, 6.45) is 5.89. The average molecular weight is 284 g/mol. The molecule has 3 heteroatoms. The molecule has 2 nitrogen and oxygen atoms in total. The number of hydrogen-bond acceptors (Lipinski definition) is 2. The van der Waals surface area contributed by atoms with Gasteiger partial charge >= 0.3 is 0 Å². The minimum atomic E-state index is -0.00782. The van der Waals surface area contributed by atoms with Crippen molar-refractivity contribution in [2.75, 3.05) is 6.54 Å². The van der Waals surface area contributed by atoms with Gasteiger partial charge in [-0.3, -0.25) is 0 Å². The zero-order valence-electron chi connectivity index (χ0n) is 9.38. The lowest BCUT2D eigenvalue weighted by atomic mass is 9.69. The van der Waals surface area contributed by atoms with E-state index in [2.05, 4.69) is 15.9 Å². The standard InChI is InChI=1S/C13H18BrNO/c14-11-6-4-5-10(12(11)16)13(9-15)7-2-1-3-8-13/h4-6,16H,1-3,7-9,15H2. The molecule has 3 N–H and O–H groups in total. The van der Waals surface area contributed by atoms with Crippen LogP contribution in [0.4, 0.5) is 0 Å². The lowest BCUT2D eigenvalue weighted by molar-refractivity contribution is 0.290. The molecule has 0 heterocycles. The van der Waals surface area contributed by atoms with Gasteiger partial charge in [-0.2, -0.15) is 0 Å². The summed E-state index contributed by atoms with van der Waals surface area (Å²) >= 11 is 3.38. The molecular weight excluding hydrogens is 266 g/mol. The Kier molecular flexibility index (Phi) is 3.55. The van der Waals surface area contributed by atoms with E-state index in [0.717, 1.165) is 22.9 Å². The Balaban J connectivity index is 2.43. The highest BCUT2D eigenvalue weighted by molar-refractivity contribution is 9.10. The third kappa shape index (κ3) is 1.98. The van der Waals surface area contributed by atoms with Gasteiger partial charge in [-0.1, -0.05) is 31.4 Å². The summed E-state index contributed by atoms with van der Waals surface area (Å²) < 4.78 is 0.767. The van der Waals surface area contributed by atoms with Gasteiger partial charge in [0.25, 0.3) is 0 Å². The van der Waals surface area contributed by atoms with E-state index >= 15 is 0 Å². The summed E-state index contributed by atoms with van der Waals surface area (Å²) in [4.78, 5) is 0. The molecule has 1 saturated carbocycles. The van der Waals surface area contributed by atoms with Crippen molar-refractivity contribution in [1.82, 2.24) is 0 Å². The Labute approximate surface area is 105 Å². The van der Waals surface area contributed by atoms with Crippen LogP contribution in [0.2, 0.25) is 0 Å². The molecule has 1 aromatic rings. The molecule has 0 aromatic heterocycles. The van der Waals surface area contributed by atoms with Crippen LogP contribution in [0.3, 0.4) is 0 Å². The molecule has 0 unspecified atom stereocenters. The van der Waals surface area contributed by atoms with Crippen molar-refractivity contribution in [3.8, 4) is 5.75 Å². The molecule has 0 bridgehead atoms. The molecule has 0 spiro atoms. The van der Waals surface area contributed by atoms with Crippen molar-refractivity contribution >= 4 is 15.9 Å². The fourth-order valence-electron chi connectivity index (χ4n) is 2.76. The van der Waals surface area contributed by atoms with Crippen molar-refractivity contribution in [2.45, 2.75) is 37.5 Å². The summed E-state index contributed by atoms with van der Waals surface area (Å²) in [6.45, 7) is 0.622. The summed E-state index contributed by atoms with van der Waals surface area (Å²) in [5.41, 5.74) is 6.97. The van der Waals surface area contributed by atoms with Gasteiger partial charge in [0.15, 0.2) is 0 Å². The molecular formula is C13H18BrNO. The number of nitrogens with two attached hydrogens (primary N) is 1. The number of hydrogen-bond donors (Lipinski definition) is 2. The van der Waals surface area contributed by atoms with E-state index in [1.165, 1.54) is 19.3 Å². The fourth-order valence-corrected chi connectivity index (χ4v) is 3.12. The smallest absolute Gasteiger partial charge is 0.133 e. The largest absolute Gasteiger partial charge is 0.506 e. The predicted molar refractivity (Wildman–Crippen MR) is 69.6 cm³/mol. The first-order valence-corrected chi connectivity index (χ1v) is 6.67. The molecule has 0 atom stereocenters. The van der Waals surface area contributed by atoms with Crippen LogP contribution in [-0.2, 0) is 5.41 Å². The first kappa shape index (κ1) is 11.9. The van der Waals surface area contributed by atoms with E-state index in [0.29, 0.717) is 12.3 Å². The van der Waals surface area contributed by atoms with Gasteiger partial charge in [-0.05, 0) is 34.8 Å². The van der Waals surface area contributed by atoms with Crippen LogP contribution >= 0.6 is 15.9 Å². The quantitative estimate of drug-likeness (QED) is 0.875. The lowest BCUT2D eigenvalue weighted by Crippen LogP contribution is -2.37. The van der Waals surface area contributed by atoms with Gasteiger partial charge in [-0.25, -0.2) is 0 Å². The second-order valence-corrected chi connectivity index (χ2v) is 5.54. The Hall–Kier alpha value is -0.540. The predicted octanol–water partition coefficient (Wildman–Crippen LogP) is 3.32. The van der Waals surface area contributed by atoms with Crippen molar-refractivity contribution < 1.29 is 5.11 Å². The zero-order chi connectivity index (χ0) is 11.6. The first-order valence-electron chi connectivity index (χ1n) is 5.88. The Morgan fingerprint density at radius 3 is 2.56 bits per heavy atom. The molecule has 2 rings (SSSR count). The molecule has 16 heavy (non-hydrogen) atoms. The van der Waals surface area contributed by atoms with Crippen LogP contribution in [0.25, 0.3) is 0 Å². The Bertz CT molecular complexity index is 372. The minimum absolute atomic E-state index is 0.00782. The lowest BCUT2D eigenvalue weighted by Gasteiger charge is -2.37. The SMILES string of the molecule is NCC1(c2cccc(Br)c2O)CCCCC1. The van der Waals surface area contributed by atoms with Crippen LogP contribution in [0.5, 0.6) is 5.75 Å². The Morgan fingerprint density at radius 1 is 1.25 bits per heavy atom. The second-order valence-electron chi connectivity index (χ2n) is 4.68. The van der Waals surface area contributed by atoms with Gasteiger partial charge in [0.2, 0.25) is 0 Å². The third-order valence-electron chi connectivity index (χ3n) is 3.76. The van der Waals surface area contributed by atoms with E-state index in [1.54, 1.807) is 0 Å². The van der Waals surface area contributed by atoms with E-state index in [9.17, 15) is 5.11 Å². The third-order valence-corrected chi connectivity index (χ3v) is 4.40. The maximum atomic E-state index is 10.1. The molecule has 1 aliphatic carbocycles. The molecule has 0 radical (unpaired) electrons. The molecule has 0 saturated heterocycles. The van der Waals surface area contributed by atoms with Crippen LogP contribution in [0.1, 0.15) is 37.7 Å². The summed E-state index contributed by atoms with van der Waals surface area (Å²) in [6, 6.07) is 5.86. The molecule has 1 aliphatic rings. The van der Waals surface area contributed by atoms with Crippen LogP contribution in [0.15, 0.2) is 22.7 Å². The molecule has 0 amide bonds. The first-order chi connectivity index (χ1) is 7.69. The molecule has 0 aliphatic heterocycles. The number of rotatable bonds is 2. The van der Waals surface area contributed by atoms with Gasteiger partial charge in [0.05, 0.1) is 4.47 Å². The summed E-state index contributed by atoms with van der Waals surface area (Å²) in [5.74, 6) is 0.370. The van der Waals surface area contributed by atoms with Crippen LogP contribution in [0, 0.1) is 0 Å². The van der Waals surface area contributed by atoms with Crippen molar-refractivity contribution in [3.63, 3.8) is 0 Å². The monoisotopic (exact) mass is 283 g/mol. The van der Waals surface area contributed by atoms with Crippen molar-refractivity contribution in [2.24, 2.45) is 5.73 Å². The van der Waals surface area contributed by atoms with Crippen LogP contribution < -0.4 is 5.73 Å².